The van der Waals surface area contributed by atoms with Crippen molar-refractivity contribution in [1.82, 2.24) is 20.1 Å². The number of amides is 1. The second-order valence-electron chi connectivity index (χ2n) is 6.21. The Kier molecular flexibility index (Phi) is 4.33. The number of aryl methyl sites for hydroxylation is 1. The number of thiazole rings is 1. The van der Waals surface area contributed by atoms with Gasteiger partial charge >= 0.3 is 0 Å². The molecule has 6 nitrogen and oxygen atoms in total. The van der Waals surface area contributed by atoms with Gasteiger partial charge in [0, 0.05) is 43.2 Å². The summed E-state index contributed by atoms with van der Waals surface area (Å²) in [5, 5.41) is 13.1. The Morgan fingerprint density at radius 3 is 2.92 bits per heavy atom. The molecule has 0 radical (unpaired) electrons. The summed E-state index contributed by atoms with van der Waals surface area (Å²) in [6.07, 6.45) is 3.82. The van der Waals surface area contributed by atoms with E-state index in [0.717, 1.165) is 23.4 Å². The molecule has 128 valence electrons. The monoisotopic (exact) mass is 353 g/mol. The Bertz CT molecular complexity index is 872. The fourth-order valence-corrected chi connectivity index (χ4v) is 3.93. The Balaban J connectivity index is 1.47. The largest absolute Gasteiger partial charge is 0.315 e. The van der Waals surface area contributed by atoms with Crippen LogP contribution >= 0.6 is 11.3 Å². The average Bonchev–Trinajstić information content (AvgIpc) is 3.35. The summed E-state index contributed by atoms with van der Waals surface area (Å²) in [7, 11) is 1.89. The highest BCUT2D eigenvalue weighted by Gasteiger charge is 2.35. The standard InChI is InChI=1S/C18H19N5OS/c1-23-10-13(7-20-23)14-8-19-9-15(14)17(24)22-18-21-16(11-25-18)12-5-3-2-4-6-12/h2-7,10-11,14-15,19H,8-9H2,1H3,(H,21,22,24)/t14-,15+/m1/s1. The van der Waals surface area contributed by atoms with Crippen LogP contribution < -0.4 is 10.6 Å². The van der Waals surface area contributed by atoms with Gasteiger partial charge in [0.2, 0.25) is 5.91 Å². The molecular weight excluding hydrogens is 334 g/mol. The van der Waals surface area contributed by atoms with Gasteiger partial charge in [0.05, 0.1) is 17.8 Å². The maximum Gasteiger partial charge on any atom is 0.231 e. The van der Waals surface area contributed by atoms with Gasteiger partial charge in [-0.05, 0) is 5.56 Å². The molecule has 2 N–H and O–H groups in total. The number of carbonyl (C=O) groups is 1. The van der Waals surface area contributed by atoms with Crippen molar-refractivity contribution in [2.24, 2.45) is 13.0 Å². The maximum absolute atomic E-state index is 12.7. The number of nitrogens with zero attached hydrogens (tertiary/aromatic N) is 3. The Morgan fingerprint density at radius 2 is 2.16 bits per heavy atom. The fourth-order valence-electron chi connectivity index (χ4n) is 3.21. The quantitative estimate of drug-likeness (QED) is 0.756. The highest BCUT2D eigenvalue weighted by molar-refractivity contribution is 7.14. The third kappa shape index (κ3) is 3.33. The summed E-state index contributed by atoms with van der Waals surface area (Å²) in [6, 6.07) is 9.97. The number of nitrogens with one attached hydrogen (secondary N) is 2. The molecule has 3 aromatic rings. The topological polar surface area (TPSA) is 71.8 Å². The number of aromatic nitrogens is 3. The van der Waals surface area contributed by atoms with Crippen LogP contribution in [0, 0.1) is 5.92 Å². The van der Waals surface area contributed by atoms with Gasteiger partial charge in [0.15, 0.2) is 5.13 Å². The minimum absolute atomic E-state index is 0.00724. The minimum Gasteiger partial charge on any atom is -0.315 e. The van der Waals surface area contributed by atoms with E-state index in [4.69, 9.17) is 0 Å². The summed E-state index contributed by atoms with van der Waals surface area (Å²) in [5.41, 5.74) is 3.03. The van der Waals surface area contributed by atoms with Crippen molar-refractivity contribution in [2.45, 2.75) is 5.92 Å². The maximum atomic E-state index is 12.7. The van der Waals surface area contributed by atoms with Crippen LogP contribution in [0.4, 0.5) is 5.13 Å². The second kappa shape index (κ2) is 6.78. The molecule has 1 aromatic carbocycles. The first-order valence-electron chi connectivity index (χ1n) is 8.22. The normalized spacial score (nSPS) is 19.9. The van der Waals surface area contributed by atoms with Crippen LogP contribution in [0.25, 0.3) is 11.3 Å². The van der Waals surface area contributed by atoms with E-state index in [1.165, 1.54) is 11.3 Å². The van der Waals surface area contributed by atoms with E-state index in [1.54, 1.807) is 4.68 Å². The molecule has 3 heterocycles. The minimum atomic E-state index is -0.117. The Labute approximate surface area is 149 Å². The smallest absolute Gasteiger partial charge is 0.231 e. The van der Waals surface area contributed by atoms with Crippen molar-refractivity contribution >= 4 is 22.4 Å². The molecular formula is C18H19N5OS. The molecule has 25 heavy (non-hydrogen) atoms. The lowest BCUT2D eigenvalue weighted by Crippen LogP contribution is -2.28. The molecule has 2 atom stereocenters. The van der Waals surface area contributed by atoms with E-state index < -0.39 is 0 Å². The first kappa shape index (κ1) is 16.0. The van der Waals surface area contributed by atoms with E-state index in [1.807, 2.05) is 55.2 Å². The zero-order valence-electron chi connectivity index (χ0n) is 13.8. The van der Waals surface area contributed by atoms with Crippen molar-refractivity contribution in [3.63, 3.8) is 0 Å². The Hall–Kier alpha value is -2.51. The summed E-state index contributed by atoms with van der Waals surface area (Å²) in [6.45, 7) is 1.46. The van der Waals surface area contributed by atoms with E-state index >= 15 is 0 Å². The molecule has 4 rings (SSSR count). The van der Waals surface area contributed by atoms with E-state index in [2.05, 4.69) is 20.7 Å². The van der Waals surface area contributed by atoms with Gasteiger partial charge in [-0.2, -0.15) is 5.10 Å². The second-order valence-corrected chi connectivity index (χ2v) is 7.07. The van der Waals surface area contributed by atoms with Gasteiger partial charge in [0.1, 0.15) is 0 Å². The van der Waals surface area contributed by atoms with Crippen molar-refractivity contribution in [1.29, 1.82) is 0 Å². The molecule has 0 spiro atoms. The Morgan fingerprint density at radius 1 is 1.32 bits per heavy atom. The predicted octanol–water partition coefficient (Wildman–Crippen LogP) is 2.49. The zero-order chi connectivity index (χ0) is 17.2. The van der Waals surface area contributed by atoms with Crippen molar-refractivity contribution in [3.05, 3.63) is 53.7 Å². The number of anilines is 1. The molecule has 1 aliphatic rings. The number of carbonyl (C=O) groups excluding carboxylic acids is 1. The van der Waals surface area contributed by atoms with Crippen LogP contribution in [0.3, 0.4) is 0 Å². The van der Waals surface area contributed by atoms with Crippen LogP contribution in [0.1, 0.15) is 11.5 Å². The lowest BCUT2D eigenvalue weighted by atomic mass is 9.90. The van der Waals surface area contributed by atoms with E-state index in [-0.39, 0.29) is 17.7 Å². The molecule has 0 aliphatic carbocycles. The molecule has 1 amide bonds. The van der Waals surface area contributed by atoms with Crippen LogP contribution in [0.15, 0.2) is 48.1 Å². The van der Waals surface area contributed by atoms with E-state index in [0.29, 0.717) is 11.7 Å². The van der Waals surface area contributed by atoms with Gasteiger partial charge < -0.3 is 10.6 Å². The van der Waals surface area contributed by atoms with Crippen molar-refractivity contribution in [3.8, 4) is 11.3 Å². The van der Waals surface area contributed by atoms with Gasteiger partial charge in [-0.3, -0.25) is 9.48 Å². The zero-order valence-corrected chi connectivity index (χ0v) is 14.7. The van der Waals surface area contributed by atoms with E-state index in [9.17, 15) is 4.79 Å². The van der Waals surface area contributed by atoms with Crippen LogP contribution in [-0.2, 0) is 11.8 Å². The first-order valence-corrected chi connectivity index (χ1v) is 9.10. The summed E-state index contributed by atoms with van der Waals surface area (Å²) < 4.78 is 1.77. The molecule has 0 bridgehead atoms. The molecule has 1 saturated heterocycles. The molecule has 1 fully saturated rings. The van der Waals surface area contributed by atoms with Gasteiger partial charge in [-0.15, -0.1) is 11.3 Å². The lowest BCUT2D eigenvalue weighted by molar-refractivity contribution is -0.119. The van der Waals surface area contributed by atoms with Gasteiger partial charge in [-0.25, -0.2) is 4.98 Å². The van der Waals surface area contributed by atoms with Crippen LogP contribution in [0.5, 0.6) is 0 Å². The highest BCUT2D eigenvalue weighted by atomic mass is 32.1. The molecule has 0 saturated carbocycles. The first-order chi connectivity index (χ1) is 12.2. The number of hydrogen-bond acceptors (Lipinski definition) is 5. The van der Waals surface area contributed by atoms with Gasteiger partial charge in [-0.1, -0.05) is 30.3 Å². The molecule has 2 aromatic heterocycles. The lowest BCUT2D eigenvalue weighted by Gasteiger charge is -2.15. The number of rotatable bonds is 4. The highest BCUT2D eigenvalue weighted by Crippen LogP contribution is 2.30. The predicted molar refractivity (Wildman–Crippen MR) is 98.5 cm³/mol. The number of hydrogen-bond donors (Lipinski definition) is 2. The molecule has 7 heteroatoms. The summed E-state index contributed by atoms with van der Waals surface area (Å²) in [4.78, 5) is 17.3. The summed E-state index contributed by atoms with van der Waals surface area (Å²) >= 11 is 1.45. The SMILES string of the molecule is Cn1cc([C@H]2CNC[C@@H]2C(=O)Nc2nc(-c3ccccc3)cs2)cn1. The third-order valence-electron chi connectivity index (χ3n) is 4.51. The molecule has 0 unspecified atom stereocenters. The van der Waals surface area contributed by atoms with Gasteiger partial charge in [0.25, 0.3) is 0 Å². The number of benzene rings is 1. The van der Waals surface area contributed by atoms with Crippen molar-refractivity contribution in [2.75, 3.05) is 18.4 Å². The van der Waals surface area contributed by atoms with Crippen LogP contribution in [0.2, 0.25) is 0 Å². The fraction of sp³-hybridized carbons (Fsp3) is 0.278. The average molecular weight is 353 g/mol. The summed E-state index contributed by atoms with van der Waals surface area (Å²) in [5.74, 6) is 0.0309. The van der Waals surface area contributed by atoms with Crippen LogP contribution in [-0.4, -0.2) is 33.8 Å². The molecule has 1 aliphatic heterocycles. The third-order valence-corrected chi connectivity index (χ3v) is 5.27. The van der Waals surface area contributed by atoms with Crippen molar-refractivity contribution < 1.29 is 4.79 Å².